The number of ketones is 1. The molecule has 3 aromatic heterocycles. The van der Waals surface area contributed by atoms with Crippen LogP contribution in [0.5, 0.6) is 0 Å². The maximum Gasteiger partial charge on any atom is 0.433 e. The standard InChI is InChI=1S/C29H27F7N4O3/c1-27(2,3)43-26(42)40-15-19(30)12-22(40)23(41)7-4-16-10-20(17-5-8-24(37-13-17)28(31,32)33)39-21(11-16)18-6-9-25(38-14-18)29(34,35)36/h5-6,8-11,13-14,19,22H,4,7,12,15H2,1-3H3/t19-,22+/m1/s1. The van der Waals surface area contributed by atoms with E-state index in [1.54, 1.807) is 20.8 Å². The molecule has 0 unspecified atom stereocenters. The molecule has 7 nitrogen and oxygen atoms in total. The van der Waals surface area contributed by atoms with E-state index in [0.717, 1.165) is 41.6 Å². The van der Waals surface area contributed by atoms with Gasteiger partial charge in [-0.1, -0.05) is 0 Å². The van der Waals surface area contributed by atoms with E-state index in [2.05, 4.69) is 15.0 Å². The summed E-state index contributed by atoms with van der Waals surface area (Å²) in [6.45, 7) is 4.63. The quantitative estimate of drug-likeness (QED) is 0.277. The third-order valence-electron chi connectivity index (χ3n) is 6.49. The molecule has 0 saturated carbocycles. The van der Waals surface area contributed by atoms with Gasteiger partial charge in [0, 0.05) is 36.4 Å². The molecule has 1 aliphatic heterocycles. The number of hydrogen-bond acceptors (Lipinski definition) is 6. The van der Waals surface area contributed by atoms with Crippen LogP contribution in [0.3, 0.4) is 0 Å². The average molecular weight is 613 g/mol. The maximum absolute atomic E-state index is 14.3. The maximum atomic E-state index is 14.3. The number of halogens is 7. The molecular formula is C29H27F7N4O3. The van der Waals surface area contributed by atoms with Gasteiger partial charge in [0.05, 0.1) is 24.0 Å². The van der Waals surface area contributed by atoms with Gasteiger partial charge in [-0.25, -0.2) is 14.2 Å². The van der Waals surface area contributed by atoms with Gasteiger partial charge < -0.3 is 4.74 Å². The van der Waals surface area contributed by atoms with Crippen molar-refractivity contribution in [1.82, 2.24) is 19.9 Å². The first-order chi connectivity index (χ1) is 19.9. The lowest BCUT2D eigenvalue weighted by atomic mass is 9.99. The predicted octanol–water partition coefficient (Wildman–Crippen LogP) is 7.09. The summed E-state index contributed by atoms with van der Waals surface area (Å²) in [5.74, 6) is -0.432. The zero-order chi connectivity index (χ0) is 31.7. The number of likely N-dealkylation sites (tertiary alicyclic amines) is 1. The van der Waals surface area contributed by atoms with Crippen molar-refractivity contribution in [2.45, 2.75) is 70.2 Å². The monoisotopic (exact) mass is 612 g/mol. The van der Waals surface area contributed by atoms with Crippen LogP contribution in [0.1, 0.15) is 50.6 Å². The minimum Gasteiger partial charge on any atom is -0.444 e. The van der Waals surface area contributed by atoms with Crippen molar-refractivity contribution < 1.29 is 45.1 Å². The van der Waals surface area contributed by atoms with Gasteiger partial charge in [-0.2, -0.15) is 26.3 Å². The van der Waals surface area contributed by atoms with Crippen molar-refractivity contribution in [2.75, 3.05) is 6.54 Å². The van der Waals surface area contributed by atoms with E-state index in [-0.39, 0.29) is 48.3 Å². The molecule has 0 aliphatic carbocycles. The largest absolute Gasteiger partial charge is 0.444 e. The molecule has 14 heteroatoms. The highest BCUT2D eigenvalue weighted by Crippen LogP contribution is 2.32. The van der Waals surface area contributed by atoms with Crippen molar-refractivity contribution in [1.29, 1.82) is 0 Å². The van der Waals surface area contributed by atoms with Crippen molar-refractivity contribution >= 4 is 11.9 Å². The summed E-state index contributed by atoms with van der Waals surface area (Å²) in [5, 5.41) is 0. The van der Waals surface area contributed by atoms with Crippen LogP contribution in [0.2, 0.25) is 0 Å². The molecule has 3 aromatic rings. The Morgan fingerprint density at radius 2 is 1.40 bits per heavy atom. The number of ether oxygens (including phenoxy) is 1. The van der Waals surface area contributed by atoms with Gasteiger partial charge >= 0.3 is 18.4 Å². The van der Waals surface area contributed by atoms with Gasteiger partial charge in [0.15, 0.2) is 5.78 Å². The molecule has 4 heterocycles. The first-order valence-electron chi connectivity index (χ1n) is 13.2. The van der Waals surface area contributed by atoms with Crippen LogP contribution in [-0.2, 0) is 28.3 Å². The van der Waals surface area contributed by atoms with E-state index in [9.17, 15) is 40.3 Å². The number of hydrogen-bond donors (Lipinski definition) is 0. The molecule has 0 radical (unpaired) electrons. The first-order valence-corrected chi connectivity index (χ1v) is 13.2. The van der Waals surface area contributed by atoms with Crippen LogP contribution in [0.4, 0.5) is 35.5 Å². The van der Waals surface area contributed by atoms with Crippen LogP contribution in [0.25, 0.3) is 22.5 Å². The number of aryl methyl sites for hydroxylation is 1. The number of Topliss-reactive ketones (excluding diaryl/α,β-unsaturated/α-hetero) is 1. The number of rotatable bonds is 6. The molecule has 4 rings (SSSR count). The lowest BCUT2D eigenvalue weighted by Crippen LogP contribution is -2.43. The molecular weight excluding hydrogens is 585 g/mol. The molecule has 2 atom stereocenters. The Kier molecular flexibility index (Phi) is 8.80. The Labute approximate surface area is 242 Å². The van der Waals surface area contributed by atoms with Crippen molar-refractivity contribution in [3.63, 3.8) is 0 Å². The van der Waals surface area contributed by atoms with Crippen molar-refractivity contribution in [3.05, 3.63) is 65.7 Å². The average Bonchev–Trinajstić information content (AvgIpc) is 3.32. The zero-order valence-electron chi connectivity index (χ0n) is 23.3. The van der Waals surface area contributed by atoms with E-state index < -0.39 is 53.4 Å². The number of alkyl halides is 7. The van der Waals surface area contributed by atoms with Crippen molar-refractivity contribution in [3.8, 4) is 22.5 Å². The summed E-state index contributed by atoms with van der Waals surface area (Å²) in [5.41, 5.74) is -1.95. The van der Waals surface area contributed by atoms with E-state index in [1.165, 1.54) is 12.1 Å². The molecule has 0 spiro atoms. The highest BCUT2D eigenvalue weighted by atomic mass is 19.4. The number of aromatic nitrogens is 3. The molecule has 1 amide bonds. The van der Waals surface area contributed by atoms with E-state index >= 15 is 0 Å². The Balaban J connectivity index is 1.62. The molecule has 1 fully saturated rings. The third kappa shape index (κ3) is 8.05. The summed E-state index contributed by atoms with van der Waals surface area (Å²) in [6, 6.07) is 5.81. The van der Waals surface area contributed by atoms with Gasteiger partial charge in [-0.05, 0) is 69.2 Å². The van der Waals surface area contributed by atoms with Crippen LogP contribution in [0.15, 0.2) is 48.8 Å². The Morgan fingerprint density at radius 3 is 1.81 bits per heavy atom. The van der Waals surface area contributed by atoms with Crippen LogP contribution in [-0.4, -0.2) is 56.1 Å². The highest BCUT2D eigenvalue weighted by molar-refractivity contribution is 5.88. The zero-order valence-corrected chi connectivity index (χ0v) is 23.3. The summed E-state index contributed by atoms with van der Waals surface area (Å²) in [7, 11) is 0. The Hall–Kier alpha value is -4.10. The SMILES string of the molecule is CC(C)(C)OC(=O)N1C[C@H](F)C[C@H]1C(=O)CCc1cc(-c2ccc(C(F)(F)F)nc2)nc(-c2ccc(C(F)(F)F)nc2)c1. The number of amides is 1. The van der Waals surface area contributed by atoms with E-state index in [4.69, 9.17) is 4.74 Å². The number of nitrogens with zero attached hydrogens (tertiary/aromatic N) is 4. The number of pyridine rings is 3. The lowest BCUT2D eigenvalue weighted by molar-refractivity contribution is -0.141. The fraction of sp³-hybridized carbons (Fsp3) is 0.414. The molecule has 1 aliphatic rings. The molecule has 0 aromatic carbocycles. The first kappa shape index (κ1) is 31.8. The molecule has 230 valence electrons. The summed E-state index contributed by atoms with van der Waals surface area (Å²) >= 11 is 0. The smallest absolute Gasteiger partial charge is 0.433 e. The van der Waals surface area contributed by atoms with Crippen LogP contribution < -0.4 is 0 Å². The van der Waals surface area contributed by atoms with Crippen LogP contribution >= 0.6 is 0 Å². The molecule has 0 bridgehead atoms. The van der Waals surface area contributed by atoms with Gasteiger partial charge in [0.2, 0.25) is 0 Å². The number of carbonyl (C=O) groups excluding carboxylic acids is 2. The Morgan fingerprint density at radius 1 is 0.884 bits per heavy atom. The predicted molar refractivity (Wildman–Crippen MR) is 140 cm³/mol. The third-order valence-corrected chi connectivity index (χ3v) is 6.49. The molecule has 0 N–H and O–H groups in total. The second-order valence-corrected chi connectivity index (χ2v) is 11.1. The molecule has 1 saturated heterocycles. The fourth-order valence-corrected chi connectivity index (χ4v) is 4.50. The summed E-state index contributed by atoms with van der Waals surface area (Å²) in [4.78, 5) is 38.1. The topological polar surface area (TPSA) is 85.3 Å². The highest BCUT2D eigenvalue weighted by Gasteiger charge is 2.41. The van der Waals surface area contributed by atoms with Gasteiger partial charge in [0.25, 0.3) is 0 Å². The van der Waals surface area contributed by atoms with Gasteiger partial charge in [-0.15, -0.1) is 0 Å². The Bertz CT molecular complexity index is 1390. The van der Waals surface area contributed by atoms with Crippen molar-refractivity contribution in [2.24, 2.45) is 0 Å². The second kappa shape index (κ2) is 11.9. The van der Waals surface area contributed by atoms with Gasteiger partial charge in [0.1, 0.15) is 23.2 Å². The second-order valence-electron chi connectivity index (χ2n) is 11.1. The molecule has 43 heavy (non-hydrogen) atoms. The van der Waals surface area contributed by atoms with E-state index in [1.807, 2.05) is 0 Å². The summed E-state index contributed by atoms with van der Waals surface area (Å²) < 4.78 is 97.7. The summed E-state index contributed by atoms with van der Waals surface area (Å²) in [6.07, 6.45) is -9.92. The van der Waals surface area contributed by atoms with Gasteiger partial charge in [-0.3, -0.25) is 19.7 Å². The normalized spacial score (nSPS) is 17.7. The minimum absolute atomic E-state index is 0.0547. The van der Waals surface area contributed by atoms with Crippen LogP contribution in [0, 0.1) is 0 Å². The fourth-order valence-electron chi connectivity index (χ4n) is 4.50. The van der Waals surface area contributed by atoms with E-state index in [0.29, 0.717) is 5.56 Å². The minimum atomic E-state index is -4.67. The number of carbonyl (C=O) groups is 2. The lowest BCUT2D eigenvalue weighted by Gasteiger charge is -2.27.